The highest BCUT2D eigenvalue weighted by Gasteiger charge is 2.33. The van der Waals surface area contributed by atoms with Crippen molar-refractivity contribution in [3.63, 3.8) is 0 Å². The zero-order chi connectivity index (χ0) is 11.1. The smallest absolute Gasteiger partial charge is 0.139 e. The van der Waals surface area contributed by atoms with E-state index in [0.717, 1.165) is 30.5 Å². The summed E-state index contributed by atoms with van der Waals surface area (Å²) in [4.78, 5) is 0. The first-order valence-corrected chi connectivity index (χ1v) is 6.82. The zero-order valence-electron chi connectivity index (χ0n) is 9.46. The van der Waals surface area contributed by atoms with Gasteiger partial charge in [0.1, 0.15) is 5.82 Å². The number of nitrogens with one attached hydrogen (secondary N) is 2. The molecule has 0 aliphatic carbocycles. The van der Waals surface area contributed by atoms with E-state index < -0.39 is 0 Å². The fourth-order valence-electron chi connectivity index (χ4n) is 2.75. The minimum absolute atomic E-state index is 0.578. The Morgan fingerprint density at radius 3 is 3.19 bits per heavy atom. The number of aryl methyl sites for hydroxylation is 1. The van der Waals surface area contributed by atoms with Crippen molar-refractivity contribution >= 4 is 21.7 Å². The Kier molecular flexibility index (Phi) is 2.67. The van der Waals surface area contributed by atoms with Crippen LogP contribution in [0.25, 0.3) is 0 Å². The van der Waals surface area contributed by atoms with Crippen LogP contribution in [0.1, 0.15) is 25.1 Å². The van der Waals surface area contributed by atoms with Crippen molar-refractivity contribution in [3.05, 3.63) is 10.2 Å². The lowest BCUT2D eigenvalue weighted by atomic mass is 9.92. The number of nitrogens with zero attached hydrogens (tertiary/aromatic N) is 2. The average molecular weight is 285 g/mol. The summed E-state index contributed by atoms with van der Waals surface area (Å²) in [6.45, 7) is 5.43. The van der Waals surface area contributed by atoms with E-state index >= 15 is 0 Å². The molecule has 5 heteroatoms. The quantitative estimate of drug-likeness (QED) is 0.826. The van der Waals surface area contributed by atoms with Gasteiger partial charge in [-0.25, -0.2) is 4.68 Å². The monoisotopic (exact) mass is 284 g/mol. The standard InChI is InChI=1S/C11H17BrN4/c1-2-8-10(12)11-14-6-7-5-13-4-3-9(7)16(11)15-8/h7,9,13-14H,2-6H2,1H3. The number of aromatic nitrogens is 2. The second-order valence-corrected chi connectivity index (χ2v) is 5.40. The van der Waals surface area contributed by atoms with E-state index in [0.29, 0.717) is 12.0 Å². The van der Waals surface area contributed by atoms with Crippen molar-refractivity contribution in [1.82, 2.24) is 15.1 Å². The van der Waals surface area contributed by atoms with Crippen LogP contribution in [0.5, 0.6) is 0 Å². The number of rotatable bonds is 1. The summed E-state index contributed by atoms with van der Waals surface area (Å²) in [5.41, 5.74) is 1.17. The summed E-state index contributed by atoms with van der Waals surface area (Å²) < 4.78 is 3.37. The highest BCUT2D eigenvalue weighted by Crippen LogP contribution is 2.37. The highest BCUT2D eigenvalue weighted by molar-refractivity contribution is 9.10. The molecule has 3 heterocycles. The van der Waals surface area contributed by atoms with Gasteiger partial charge in [-0.1, -0.05) is 6.92 Å². The molecule has 4 nitrogen and oxygen atoms in total. The van der Waals surface area contributed by atoms with Crippen LogP contribution in [0.2, 0.25) is 0 Å². The molecule has 0 amide bonds. The summed E-state index contributed by atoms with van der Waals surface area (Å²) in [7, 11) is 0. The summed E-state index contributed by atoms with van der Waals surface area (Å²) in [5.74, 6) is 1.86. The fourth-order valence-corrected chi connectivity index (χ4v) is 3.43. The summed E-state index contributed by atoms with van der Waals surface area (Å²) in [5, 5.41) is 11.7. The van der Waals surface area contributed by atoms with Gasteiger partial charge < -0.3 is 10.6 Å². The number of piperidine rings is 1. The maximum Gasteiger partial charge on any atom is 0.139 e. The lowest BCUT2D eigenvalue weighted by Gasteiger charge is -2.37. The van der Waals surface area contributed by atoms with Gasteiger partial charge in [-0.3, -0.25) is 0 Å². The van der Waals surface area contributed by atoms with Crippen molar-refractivity contribution in [2.45, 2.75) is 25.8 Å². The molecule has 1 aromatic rings. The van der Waals surface area contributed by atoms with Crippen molar-refractivity contribution in [3.8, 4) is 0 Å². The minimum Gasteiger partial charge on any atom is -0.369 e. The van der Waals surface area contributed by atoms with Gasteiger partial charge in [-0.2, -0.15) is 5.10 Å². The van der Waals surface area contributed by atoms with Crippen LogP contribution in [-0.2, 0) is 6.42 Å². The van der Waals surface area contributed by atoms with Crippen LogP contribution in [0.15, 0.2) is 4.47 Å². The molecule has 0 radical (unpaired) electrons. The third-order valence-electron chi connectivity index (χ3n) is 3.67. The summed E-state index contributed by atoms with van der Waals surface area (Å²) in [6, 6.07) is 0.578. The predicted molar refractivity (Wildman–Crippen MR) is 67.8 cm³/mol. The van der Waals surface area contributed by atoms with Crippen molar-refractivity contribution < 1.29 is 0 Å². The topological polar surface area (TPSA) is 41.9 Å². The highest BCUT2D eigenvalue weighted by atomic mass is 79.9. The Morgan fingerprint density at radius 2 is 2.38 bits per heavy atom. The van der Waals surface area contributed by atoms with Gasteiger partial charge in [0.05, 0.1) is 16.2 Å². The molecule has 88 valence electrons. The second kappa shape index (κ2) is 4.04. The summed E-state index contributed by atoms with van der Waals surface area (Å²) >= 11 is 3.65. The van der Waals surface area contributed by atoms with Gasteiger partial charge in [-0.05, 0) is 35.3 Å². The number of fused-ring (bicyclic) bond motifs is 3. The fraction of sp³-hybridized carbons (Fsp3) is 0.727. The van der Waals surface area contributed by atoms with Crippen LogP contribution >= 0.6 is 15.9 Å². The zero-order valence-corrected chi connectivity index (χ0v) is 11.0. The first kappa shape index (κ1) is 10.6. The molecule has 2 N–H and O–H groups in total. The molecule has 2 aliphatic rings. The van der Waals surface area contributed by atoms with E-state index in [2.05, 4.69) is 38.2 Å². The Hall–Kier alpha value is -0.550. The maximum atomic E-state index is 4.73. The Morgan fingerprint density at radius 1 is 1.50 bits per heavy atom. The van der Waals surface area contributed by atoms with Crippen LogP contribution in [-0.4, -0.2) is 29.4 Å². The van der Waals surface area contributed by atoms with Crippen molar-refractivity contribution in [2.75, 3.05) is 25.0 Å². The van der Waals surface area contributed by atoms with Crippen LogP contribution in [0.4, 0.5) is 5.82 Å². The Balaban J connectivity index is 2.01. The molecule has 2 aliphatic heterocycles. The molecular weight excluding hydrogens is 268 g/mol. The Labute approximate surface area is 104 Å². The maximum absolute atomic E-state index is 4.73. The molecule has 2 unspecified atom stereocenters. The molecule has 0 bridgehead atoms. The SMILES string of the molecule is CCc1nn2c(c1Br)NCC1CNCCC12. The van der Waals surface area contributed by atoms with Gasteiger partial charge >= 0.3 is 0 Å². The molecule has 0 spiro atoms. The first-order valence-electron chi connectivity index (χ1n) is 6.02. The van der Waals surface area contributed by atoms with Gasteiger partial charge in [0, 0.05) is 19.0 Å². The number of hydrogen-bond acceptors (Lipinski definition) is 3. The average Bonchev–Trinajstić information content (AvgIpc) is 2.67. The van der Waals surface area contributed by atoms with Gasteiger partial charge in [0.2, 0.25) is 0 Å². The van der Waals surface area contributed by atoms with E-state index in [1.807, 2.05) is 0 Å². The van der Waals surface area contributed by atoms with Crippen LogP contribution < -0.4 is 10.6 Å². The molecule has 1 saturated heterocycles. The molecule has 1 aromatic heterocycles. The lowest BCUT2D eigenvalue weighted by Crippen LogP contribution is -2.44. The summed E-state index contributed by atoms with van der Waals surface area (Å²) in [6.07, 6.45) is 2.18. The van der Waals surface area contributed by atoms with Gasteiger partial charge in [0.15, 0.2) is 0 Å². The predicted octanol–water partition coefficient (Wildman–Crippen LogP) is 1.78. The van der Waals surface area contributed by atoms with E-state index in [1.54, 1.807) is 0 Å². The largest absolute Gasteiger partial charge is 0.369 e. The van der Waals surface area contributed by atoms with E-state index in [4.69, 9.17) is 5.10 Å². The lowest BCUT2D eigenvalue weighted by molar-refractivity contribution is 0.237. The van der Waals surface area contributed by atoms with Crippen molar-refractivity contribution in [2.24, 2.45) is 5.92 Å². The molecule has 2 atom stereocenters. The molecule has 1 fully saturated rings. The number of halogens is 1. The minimum atomic E-state index is 0.578. The van der Waals surface area contributed by atoms with Crippen LogP contribution in [0, 0.1) is 5.92 Å². The van der Waals surface area contributed by atoms with E-state index in [1.165, 1.54) is 17.9 Å². The molecule has 16 heavy (non-hydrogen) atoms. The molecular formula is C11H17BrN4. The Bertz CT molecular complexity index is 401. The first-order chi connectivity index (χ1) is 7.81. The molecule has 3 rings (SSSR count). The number of hydrogen-bond donors (Lipinski definition) is 2. The molecule has 0 saturated carbocycles. The van der Waals surface area contributed by atoms with Crippen molar-refractivity contribution in [1.29, 1.82) is 0 Å². The van der Waals surface area contributed by atoms with E-state index in [-0.39, 0.29) is 0 Å². The number of anilines is 1. The molecule has 0 aromatic carbocycles. The van der Waals surface area contributed by atoms with E-state index in [9.17, 15) is 0 Å². The normalized spacial score (nSPS) is 28.1. The van der Waals surface area contributed by atoms with Gasteiger partial charge in [-0.15, -0.1) is 0 Å². The van der Waals surface area contributed by atoms with Gasteiger partial charge in [0.25, 0.3) is 0 Å². The third-order valence-corrected chi connectivity index (χ3v) is 4.50. The second-order valence-electron chi connectivity index (χ2n) is 4.61. The van der Waals surface area contributed by atoms with Crippen LogP contribution in [0.3, 0.4) is 0 Å². The third kappa shape index (κ3) is 1.49.